The third-order valence-electron chi connectivity index (χ3n) is 4.88. The molecular weight excluding hydrogens is 238 g/mol. The number of nitrogens with one attached hydrogen (secondary N) is 1. The zero-order chi connectivity index (χ0) is 13.0. The second-order valence-electron chi connectivity index (χ2n) is 5.75. The summed E-state index contributed by atoms with van der Waals surface area (Å²) in [7, 11) is 0. The van der Waals surface area contributed by atoms with Crippen molar-refractivity contribution in [2.24, 2.45) is 11.8 Å². The van der Waals surface area contributed by atoms with Gasteiger partial charge in [-0.3, -0.25) is 4.79 Å². The number of carbonyl (C=O) groups excluding carboxylic acids is 1. The first-order valence-electron chi connectivity index (χ1n) is 6.90. The fraction of sp³-hybridized carbons (Fsp3) is 0.467. The van der Waals surface area contributed by atoms with E-state index in [0.717, 1.165) is 18.7 Å². The van der Waals surface area contributed by atoms with Gasteiger partial charge in [0.1, 0.15) is 12.1 Å². The van der Waals surface area contributed by atoms with E-state index in [1.165, 1.54) is 12.8 Å². The number of benzene rings is 1. The van der Waals surface area contributed by atoms with Gasteiger partial charge in [-0.1, -0.05) is 12.5 Å². The Morgan fingerprint density at radius 1 is 1.37 bits per heavy atom. The van der Waals surface area contributed by atoms with Gasteiger partial charge in [0.2, 0.25) is 5.91 Å². The molecule has 1 amide bonds. The van der Waals surface area contributed by atoms with Gasteiger partial charge in [-0.25, -0.2) is 0 Å². The summed E-state index contributed by atoms with van der Waals surface area (Å²) in [5.74, 6) is 1.22. The molecule has 0 radical (unpaired) electrons. The van der Waals surface area contributed by atoms with Crippen LogP contribution >= 0.6 is 0 Å². The van der Waals surface area contributed by atoms with Crippen LogP contribution in [0.4, 0.5) is 11.4 Å². The Morgan fingerprint density at radius 3 is 3.11 bits per heavy atom. The molecule has 1 saturated carbocycles. The zero-order valence-corrected chi connectivity index (χ0v) is 10.6. The van der Waals surface area contributed by atoms with Crippen LogP contribution < -0.4 is 10.2 Å². The molecule has 1 aliphatic carbocycles. The summed E-state index contributed by atoms with van der Waals surface area (Å²) in [6.45, 7) is 0.963. The maximum absolute atomic E-state index is 12.4. The molecule has 96 valence electrons. The maximum atomic E-state index is 12.4. The lowest BCUT2D eigenvalue weighted by Gasteiger charge is -2.35. The van der Waals surface area contributed by atoms with Crippen molar-refractivity contribution in [3.63, 3.8) is 0 Å². The smallest absolute Gasteiger partial charge is 0.247 e. The van der Waals surface area contributed by atoms with E-state index in [1.807, 2.05) is 12.1 Å². The Labute approximate surface area is 112 Å². The quantitative estimate of drug-likeness (QED) is 0.770. The second kappa shape index (κ2) is 3.74. The first-order valence-corrected chi connectivity index (χ1v) is 6.90. The number of hydrogen-bond acceptors (Lipinski definition) is 3. The predicted octanol–water partition coefficient (Wildman–Crippen LogP) is 2.12. The molecule has 4 nitrogen and oxygen atoms in total. The number of fused-ring (bicyclic) bond motifs is 5. The van der Waals surface area contributed by atoms with Crippen molar-refractivity contribution in [1.82, 2.24) is 0 Å². The van der Waals surface area contributed by atoms with E-state index in [0.29, 0.717) is 23.1 Å². The fourth-order valence-electron chi connectivity index (χ4n) is 4.09. The van der Waals surface area contributed by atoms with E-state index in [-0.39, 0.29) is 11.9 Å². The number of hydrogen-bond donors (Lipinski definition) is 1. The van der Waals surface area contributed by atoms with Crippen molar-refractivity contribution in [3.8, 4) is 6.07 Å². The standard InChI is InChI=1S/C15H15N3O/c16-7-9-3-2-6-12-13(9)17-15(19)14-11-5-1-4-10(11)8-18(12)14/h2-3,6,10-11,14H,1,4-5,8H2,(H,17,19). The van der Waals surface area contributed by atoms with Gasteiger partial charge in [0.05, 0.1) is 16.9 Å². The molecule has 2 fully saturated rings. The number of nitrogens with zero attached hydrogens (tertiary/aromatic N) is 2. The number of rotatable bonds is 0. The van der Waals surface area contributed by atoms with Gasteiger partial charge in [-0.15, -0.1) is 0 Å². The van der Waals surface area contributed by atoms with Gasteiger partial charge in [0.25, 0.3) is 0 Å². The van der Waals surface area contributed by atoms with Crippen LogP contribution in [0.15, 0.2) is 18.2 Å². The molecule has 1 aromatic carbocycles. The van der Waals surface area contributed by atoms with Crippen LogP contribution in [-0.4, -0.2) is 18.5 Å². The highest BCUT2D eigenvalue weighted by atomic mass is 16.2. The van der Waals surface area contributed by atoms with Crippen LogP contribution in [0.5, 0.6) is 0 Å². The zero-order valence-electron chi connectivity index (χ0n) is 10.6. The van der Waals surface area contributed by atoms with Crippen LogP contribution in [0.1, 0.15) is 24.8 Å². The fourth-order valence-corrected chi connectivity index (χ4v) is 4.09. The summed E-state index contributed by atoms with van der Waals surface area (Å²) in [6.07, 6.45) is 3.64. The van der Waals surface area contributed by atoms with Gasteiger partial charge < -0.3 is 10.2 Å². The molecule has 4 heteroatoms. The number of para-hydroxylation sites is 1. The highest BCUT2D eigenvalue weighted by Gasteiger charge is 2.50. The topological polar surface area (TPSA) is 56.1 Å². The molecule has 3 atom stereocenters. The molecule has 1 aromatic rings. The number of carbonyl (C=O) groups is 1. The molecule has 2 aliphatic heterocycles. The monoisotopic (exact) mass is 253 g/mol. The van der Waals surface area contributed by atoms with Crippen molar-refractivity contribution in [1.29, 1.82) is 5.26 Å². The van der Waals surface area contributed by atoms with Gasteiger partial charge >= 0.3 is 0 Å². The summed E-state index contributed by atoms with van der Waals surface area (Å²) >= 11 is 0. The lowest BCUT2D eigenvalue weighted by Crippen LogP contribution is -2.47. The Morgan fingerprint density at radius 2 is 2.26 bits per heavy atom. The second-order valence-corrected chi connectivity index (χ2v) is 5.75. The summed E-state index contributed by atoms with van der Waals surface area (Å²) in [6, 6.07) is 7.83. The minimum atomic E-state index is -0.0195. The molecule has 0 spiro atoms. The SMILES string of the molecule is N#Cc1cccc2c1NC(=O)C1C3CCCC3CN21. The molecule has 19 heavy (non-hydrogen) atoms. The minimum absolute atomic E-state index is 0.0195. The molecule has 3 aliphatic rings. The molecule has 3 unspecified atom stereocenters. The Kier molecular flexibility index (Phi) is 2.14. The van der Waals surface area contributed by atoms with E-state index in [1.54, 1.807) is 6.07 Å². The van der Waals surface area contributed by atoms with Crippen molar-refractivity contribution >= 4 is 17.3 Å². The number of nitriles is 1. The molecule has 0 bridgehead atoms. The van der Waals surface area contributed by atoms with Crippen molar-refractivity contribution in [2.45, 2.75) is 25.3 Å². The van der Waals surface area contributed by atoms with Gasteiger partial charge in [-0.2, -0.15) is 5.26 Å². The van der Waals surface area contributed by atoms with E-state index in [9.17, 15) is 4.79 Å². The van der Waals surface area contributed by atoms with Crippen LogP contribution in [0.3, 0.4) is 0 Å². The Balaban J connectivity index is 1.84. The average Bonchev–Trinajstić information content (AvgIpc) is 2.98. The number of anilines is 2. The van der Waals surface area contributed by atoms with Crippen LogP contribution in [0, 0.1) is 23.2 Å². The van der Waals surface area contributed by atoms with Gasteiger partial charge in [0, 0.05) is 6.54 Å². The van der Waals surface area contributed by atoms with Crippen LogP contribution in [0.2, 0.25) is 0 Å². The van der Waals surface area contributed by atoms with E-state index >= 15 is 0 Å². The van der Waals surface area contributed by atoms with Crippen molar-refractivity contribution in [2.75, 3.05) is 16.8 Å². The molecule has 2 heterocycles. The van der Waals surface area contributed by atoms with Gasteiger partial charge in [0.15, 0.2) is 0 Å². The van der Waals surface area contributed by atoms with Crippen LogP contribution in [-0.2, 0) is 4.79 Å². The van der Waals surface area contributed by atoms with Crippen molar-refractivity contribution < 1.29 is 4.79 Å². The first kappa shape index (κ1) is 10.9. The van der Waals surface area contributed by atoms with E-state index < -0.39 is 0 Å². The van der Waals surface area contributed by atoms with E-state index in [4.69, 9.17) is 5.26 Å². The summed E-state index contributed by atoms with van der Waals surface area (Å²) < 4.78 is 0. The Bertz CT molecular complexity index is 604. The largest absolute Gasteiger partial charge is 0.357 e. The highest BCUT2D eigenvalue weighted by molar-refractivity contribution is 6.05. The molecule has 4 rings (SSSR count). The van der Waals surface area contributed by atoms with Crippen molar-refractivity contribution in [3.05, 3.63) is 23.8 Å². The Hall–Kier alpha value is -2.02. The van der Waals surface area contributed by atoms with Crippen LogP contribution in [0.25, 0.3) is 0 Å². The summed E-state index contributed by atoms with van der Waals surface area (Å²) in [5.41, 5.74) is 2.28. The van der Waals surface area contributed by atoms with Gasteiger partial charge in [-0.05, 0) is 36.8 Å². The molecular formula is C15H15N3O. The number of amides is 1. The molecule has 0 aromatic heterocycles. The highest BCUT2D eigenvalue weighted by Crippen LogP contribution is 2.48. The lowest BCUT2D eigenvalue weighted by molar-refractivity contribution is -0.118. The average molecular weight is 253 g/mol. The minimum Gasteiger partial charge on any atom is -0.357 e. The maximum Gasteiger partial charge on any atom is 0.247 e. The first-order chi connectivity index (χ1) is 9.29. The predicted molar refractivity (Wildman–Crippen MR) is 71.8 cm³/mol. The summed E-state index contributed by atoms with van der Waals surface area (Å²) in [5, 5.41) is 12.1. The lowest BCUT2D eigenvalue weighted by atomic mass is 9.92. The molecule has 1 saturated heterocycles. The third-order valence-corrected chi connectivity index (χ3v) is 4.88. The third kappa shape index (κ3) is 1.36. The molecule has 1 N–H and O–H groups in total. The summed E-state index contributed by atoms with van der Waals surface area (Å²) in [4.78, 5) is 14.6. The van der Waals surface area contributed by atoms with E-state index in [2.05, 4.69) is 16.3 Å². The normalized spacial score (nSPS) is 31.2.